The fraction of sp³-hybridized carbons (Fsp3) is 0.533. The number of halogens is 3. The molecule has 25 heavy (non-hydrogen) atoms. The second kappa shape index (κ2) is 6.93. The number of aliphatic carboxylic acids is 1. The summed E-state index contributed by atoms with van der Waals surface area (Å²) in [6, 6.07) is 2.21. The van der Waals surface area contributed by atoms with Crippen molar-refractivity contribution >= 4 is 16.0 Å². The van der Waals surface area contributed by atoms with Crippen LogP contribution < -0.4 is 0 Å². The molecule has 140 valence electrons. The Kier molecular flexibility index (Phi) is 5.45. The van der Waals surface area contributed by atoms with Crippen molar-refractivity contribution in [1.29, 1.82) is 0 Å². The predicted molar refractivity (Wildman–Crippen MR) is 81.7 cm³/mol. The molecule has 1 N–H and O–H groups in total. The van der Waals surface area contributed by atoms with E-state index in [4.69, 9.17) is 4.74 Å². The molecule has 0 aromatic heterocycles. The van der Waals surface area contributed by atoms with Gasteiger partial charge in [0.25, 0.3) is 0 Å². The highest BCUT2D eigenvalue weighted by Crippen LogP contribution is 2.35. The van der Waals surface area contributed by atoms with Crippen molar-refractivity contribution < 1.29 is 36.2 Å². The third kappa shape index (κ3) is 4.50. The normalized spacial score (nSPS) is 19.0. The Morgan fingerprint density at radius 1 is 1.40 bits per heavy atom. The van der Waals surface area contributed by atoms with Crippen LogP contribution in [0, 0.1) is 0 Å². The van der Waals surface area contributed by atoms with Crippen molar-refractivity contribution in [2.75, 3.05) is 20.2 Å². The molecular formula is C15H18F3NO5S. The zero-order chi connectivity index (χ0) is 19.0. The van der Waals surface area contributed by atoms with E-state index in [0.717, 1.165) is 10.4 Å². The summed E-state index contributed by atoms with van der Waals surface area (Å²) in [4.78, 5) is 10.7. The van der Waals surface area contributed by atoms with E-state index in [-0.39, 0.29) is 24.6 Å². The van der Waals surface area contributed by atoms with Gasteiger partial charge in [-0.2, -0.15) is 17.5 Å². The largest absolute Gasteiger partial charge is 0.481 e. The lowest BCUT2D eigenvalue weighted by Gasteiger charge is -2.20. The van der Waals surface area contributed by atoms with Gasteiger partial charge >= 0.3 is 12.1 Å². The SMILES string of the molecule is CCC(C(=O)O)c1cc(C(F)(F)F)cc(S(=O)(=O)N(C)CC2CO2)c1. The number of epoxide rings is 1. The fourth-order valence-corrected chi connectivity index (χ4v) is 3.71. The van der Waals surface area contributed by atoms with Crippen LogP contribution in [0.25, 0.3) is 0 Å². The topological polar surface area (TPSA) is 87.2 Å². The number of likely N-dealkylation sites (N-methyl/N-ethyl adjacent to an activating group) is 1. The average Bonchev–Trinajstić information content (AvgIpc) is 3.30. The van der Waals surface area contributed by atoms with E-state index in [0.29, 0.717) is 18.7 Å². The number of ether oxygens (including phenoxy) is 1. The highest BCUT2D eigenvalue weighted by molar-refractivity contribution is 7.89. The third-order valence-electron chi connectivity index (χ3n) is 3.94. The number of alkyl halides is 3. The van der Waals surface area contributed by atoms with Gasteiger partial charge in [-0.15, -0.1) is 0 Å². The Hall–Kier alpha value is -1.65. The van der Waals surface area contributed by atoms with Crippen molar-refractivity contribution in [3.8, 4) is 0 Å². The first-order valence-corrected chi connectivity index (χ1v) is 8.93. The average molecular weight is 381 g/mol. The van der Waals surface area contributed by atoms with Crippen molar-refractivity contribution in [2.45, 2.75) is 36.4 Å². The van der Waals surface area contributed by atoms with E-state index >= 15 is 0 Å². The summed E-state index contributed by atoms with van der Waals surface area (Å²) in [5, 5.41) is 9.19. The van der Waals surface area contributed by atoms with Crippen LogP contribution in [-0.2, 0) is 25.7 Å². The molecule has 0 amide bonds. The van der Waals surface area contributed by atoms with Crippen molar-refractivity contribution in [1.82, 2.24) is 4.31 Å². The Labute approximate surface area is 143 Å². The van der Waals surface area contributed by atoms with Gasteiger partial charge in [-0.3, -0.25) is 4.79 Å². The van der Waals surface area contributed by atoms with Crippen LogP contribution in [0.3, 0.4) is 0 Å². The Balaban J connectivity index is 2.54. The smallest absolute Gasteiger partial charge is 0.416 e. The molecule has 1 fully saturated rings. The van der Waals surface area contributed by atoms with E-state index in [1.807, 2.05) is 0 Å². The molecule has 2 atom stereocenters. The number of hydrogen-bond donors (Lipinski definition) is 1. The lowest BCUT2D eigenvalue weighted by atomic mass is 9.95. The van der Waals surface area contributed by atoms with Crippen LogP contribution in [-0.4, -0.2) is 50.1 Å². The molecule has 2 rings (SSSR count). The maximum Gasteiger partial charge on any atom is 0.416 e. The number of sulfonamides is 1. The van der Waals surface area contributed by atoms with Crippen LogP contribution in [0.4, 0.5) is 13.2 Å². The number of nitrogens with zero attached hydrogens (tertiary/aromatic N) is 1. The van der Waals surface area contributed by atoms with Crippen LogP contribution in [0.1, 0.15) is 30.4 Å². The molecule has 0 bridgehead atoms. The number of rotatable bonds is 7. The Morgan fingerprint density at radius 3 is 2.44 bits per heavy atom. The highest BCUT2D eigenvalue weighted by Gasteiger charge is 2.36. The molecule has 1 heterocycles. The molecule has 0 aliphatic carbocycles. The number of carboxylic acids is 1. The summed E-state index contributed by atoms with van der Waals surface area (Å²) in [5.41, 5.74) is -1.39. The van der Waals surface area contributed by atoms with E-state index < -0.39 is 38.5 Å². The third-order valence-corrected chi connectivity index (χ3v) is 5.74. The minimum Gasteiger partial charge on any atom is -0.481 e. The van der Waals surface area contributed by atoms with Gasteiger partial charge < -0.3 is 9.84 Å². The fourth-order valence-electron chi connectivity index (χ4n) is 2.43. The molecule has 1 aromatic carbocycles. The highest BCUT2D eigenvalue weighted by atomic mass is 32.2. The minimum absolute atomic E-state index is 0.0179. The van der Waals surface area contributed by atoms with E-state index in [1.165, 1.54) is 14.0 Å². The first-order chi connectivity index (χ1) is 11.5. The number of carbonyl (C=O) groups is 1. The lowest BCUT2D eigenvalue weighted by molar-refractivity contribution is -0.140. The molecule has 1 aliphatic rings. The Bertz CT molecular complexity index is 759. The molecular weight excluding hydrogens is 363 g/mol. The number of benzene rings is 1. The van der Waals surface area contributed by atoms with E-state index in [2.05, 4.69) is 0 Å². The van der Waals surface area contributed by atoms with Crippen molar-refractivity contribution in [3.05, 3.63) is 29.3 Å². The molecule has 1 saturated heterocycles. The predicted octanol–water partition coefficient (Wildman–Crippen LogP) is 2.30. The van der Waals surface area contributed by atoms with Gasteiger partial charge in [0.1, 0.15) is 0 Å². The van der Waals surface area contributed by atoms with Crippen LogP contribution in [0.5, 0.6) is 0 Å². The molecule has 0 spiro atoms. The van der Waals surface area contributed by atoms with Gasteiger partial charge in [-0.05, 0) is 30.2 Å². The Morgan fingerprint density at radius 2 is 2.00 bits per heavy atom. The van der Waals surface area contributed by atoms with Gasteiger partial charge in [-0.25, -0.2) is 8.42 Å². The first-order valence-electron chi connectivity index (χ1n) is 7.49. The molecule has 0 radical (unpaired) electrons. The second-order valence-corrected chi connectivity index (χ2v) is 7.87. The second-order valence-electron chi connectivity index (χ2n) is 5.83. The van der Waals surface area contributed by atoms with Crippen LogP contribution in [0.2, 0.25) is 0 Å². The molecule has 1 aromatic rings. The van der Waals surface area contributed by atoms with E-state index in [1.54, 1.807) is 0 Å². The summed E-state index contributed by atoms with van der Waals surface area (Å²) in [6.07, 6.45) is -5.04. The van der Waals surface area contributed by atoms with E-state index in [9.17, 15) is 31.5 Å². The van der Waals surface area contributed by atoms with Crippen molar-refractivity contribution in [2.24, 2.45) is 0 Å². The summed E-state index contributed by atoms with van der Waals surface area (Å²) >= 11 is 0. The van der Waals surface area contributed by atoms with Gasteiger partial charge in [0.05, 0.1) is 29.1 Å². The first kappa shape index (κ1) is 19.7. The summed E-state index contributed by atoms with van der Waals surface area (Å²) in [5.74, 6) is -2.54. The minimum atomic E-state index is -4.80. The monoisotopic (exact) mass is 381 g/mol. The van der Waals surface area contributed by atoms with Gasteiger partial charge in [0.15, 0.2) is 0 Å². The lowest BCUT2D eigenvalue weighted by Crippen LogP contribution is -2.31. The van der Waals surface area contributed by atoms with Gasteiger partial charge in [-0.1, -0.05) is 6.92 Å². The van der Waals surface area contributed by atoms with Crippen molar-refractivity contribution in [3.63, 3.8) is 0 Å². The standard InChI is InChI=1S/C15H18F3NO5S/c1-3-13(14(20)21)9-4-10(15(16,17)18)6-12(5-9)25(22,23)19(2)7-11-8-24-11/h4-6,11,13H,3,7-8H2,1-2H3,(H,20,21). The number of carboxylic acid groups (broad SMARTS) is 1. The van der Waals surface area contributed by atoms with Gasteiger partial charge in [0, 0.05) is 13.6 Å². The van der Waals surface area contributed by atoms with Crippen LogP contribution in [0.15, 0.2) is 23.1 Å². The molecule has 6 nitrogen and oxygen atoms in total. The summed E-state index contributed by atoms with van der Waals surface area (Å²) in [6.45, 7) is 1.92. The zero-order valence-corrected chi connectivity index (χ0v) is 14.4. The maximum atomic E-state index is 13.1. The van der Waals surface area contributed by atoms with Crippen LogP contribution >= 0.6 is 0 Å². The summed E-state index contributed by atoms with van der Waals surface area (Å²) < 4.78 is 70.4. The van der Waals surface area contributed by atoms with Gasteiger partial charge in [0.2, 0.25) is 10.0 Å². The summed E-state index contributed by atoms with van der Waals surface area (Å²) in [7, 11) is -2.96. The molecule has 10 heteroatoms. The number of hydrogen-bond acceptors (Lipinski definition) is 4. The quantitative estimate of drug-likeness (QED) is 0.733. The zero-order valence-electron chi connectivity index (χ0n) is 13.6. The molecule has 2 unspecified atom stereocenters. The molecule has 0 saturated carbocycles. The molecule has 1 aliphatic heterocycles. The maximum absolute atomic E-state index is 13.1.